The SMILES string of the molecule is CCC(C(=O)Nc1ccc2c(c1)CN(CCC(C)C)C(=O)CO2)c1ccccc1. The van der Waals surface area contributed by atoms with E-state index in [1.807, 2.05) is 60.4 Å². The van der Waals surface area contributed by atoms with E-state index < -0.39 is 0 Å². The Morgan fingerprint density at radius 2 is 1.93 bits per heavy atom. The maximum absolute atomic E-state index is 12.9. The van der Waals surface area contributed by atoms with Crippen molar-refractivity contribution in [3.05, 3.63) is 59.7 Å². The summed E-state index contributed by atoms with van der Waals surface area (Å²) in [5, 5.41) is 3.04. The molecule has 0 bridgehead atoms. The van der Waals surface area contributed by atoms with Gasteiger partial charge in [-0.1, -0.05) is 51.1 Å². The van der Waals surface area contributed by atoms with Gasteiger partial charge in [0.25, 0.3) is 5.91 Å². The van der Waals surface area contributed by atoms with E-state index in [1.54, 1.807) is 0 Å². The van der Waals surface area contributed by atoms with E-state index in [-0.39, 0.29) is 24.3 Å². The fourth-order valence-electron chi connectivity index (χ4n) is 3.55. The first-order chi connectivity index (χ1) is 14.0. The molecule has 2 aromatic rings. The molecule has 1 atom stereocenters. The van der Waals surface area contributed by atoms with Gasteiger partial charge >= 0.3 is 0 Å². The van der Waals surface area contributed by atoms with Gasteiger partial charge in [0.15, 0.2) is 6.61 Å². The van der Waals surface area contributed by atoms with Crippen LogP contribution < -0.4 is 10.1 Å². The molecule has 3 rings (SSSR count). The Morgan fingerprint density at radius 1 is 1.17 bits per heavy atom. The lowest BCUT2D eigenvalue weighted by Crippen LogP contribution is -2.33. The first-order valence-corrected chi connectivity index (χ1v) is 10.4. The van der Waals surface area contributed by atoms with Gasteiger partial charge in [0.2, 0.25) is 5.91 Å². The molecule has 0 aliphatic carbocycles. The van der Waals surface area contributed by atoms with Gasteiger partial charge in [-0.15, -0.1) is 0 Å². The van der Waals surface area contributed by atoms with Crippen LogP contribution in [0.1, 0.15) is 50.7 Å². The predicted molar refractivity (Wildman–Crippen MR) is 115 cm³/mol. The zero-order chi connectivity index (χ0) is 20.8. The Hall–Kier alpha value is -2.82. The topological polar surface area (TPSA) is 58.6 Å². The predicted octanol–water partition coefficient (Wildman–Crippen LogP) is 4.59. The number of ether oxygens (including phenoxy) is 1. The van der Waals surface area contributed by atoms with E-state index in [4.69, 9.17) is 4.74 Å². The Morgan fingerprint density at radius 3 is 2.62 bits per heavy atom. The molecule has 154 valence electrons. The van der Waals surface area contributed by atoms with Gasteiger partial charge in [0.05, 0.1) is 5.92 Å². The third-order valence-corrected chi connectivity index (χ3v) is 5.30. The van der Waals surface area contributed by atoms with E-state index in [1.165, 1.54) is 0 Å². The van der Waals surface area contributed by atoms with Crippen molar-refractivity contribution >= 4 is 17.5 Å². The summed E-state index contributed by atoms with van der Waals surface area (Å²) in [5.41, 5.74) is 2.66. The third kappa shape index (κ3) is 5.37. The fraction of sp³-hybridized carbons (Fsp3) is 0.417. The highest BCUT2D eigenvalue weighted by Gasteiger charge is 2.23. The lowest BCUT2D eigenvalue weighted by Gasteiger charge is -2.21. The summed E-state index contributed by atoms with van der Waals surface area (Å²) in [6.45, 7) is 7.58. The Balaban J connectivity index is 1.75. The van der Waals surface area contributed by atoms with Crippen molar-refractivity contribution < 1.29 is 14.3 Å². The van der Waals surface area contributed by atoms with Crippen molar-refractivity contribution in [3.8, 4) is 5.75 Å². The van der Waals surface area contributed by atoms with Crippen molar-refractivity contribution in [1.82, 2.24) is 4.90 Å². The zero-order valence-corrected chi connectivity index (χ0v) is 17.5. The molecule has 0 saturated carbocycles. The maximum Gasteiger partial charge on any atom is 0.260 e. The van der Waals surface area contributed by atoms with Crippen molar-refractivity contribution in [1.29, 1.82) is 0 Å². The van der Waals surface area contributed by atoms with Crippen LogP contribution in [0.4, 0.5) is 5.69 Å². The molecule has 0 radical (unpaired) electrons. The molecule has 1 N–H and O–H groups in total. The van der Waals surface area contributed by atoms with Crippen molar-refractivity contribution in [2.75, 3.05) is 18.5 Å². The number of hydrogen-bond acceptors (Lipinski definition) is 3. The molecule has 2 aromatic carbocycles. The lowest BCUT2D eigenvalue weighted by molar-refractivity contribution is -0.133. The number of anilines is 1. The summed E-state index contributed by atoms with van der Waals surface area (Å²) in [7, 11) is 0. The molecule has 0 saturated heterocycles. The Bertz CT molecular complexity index is 848. The molecule has 29 heavy (non-hydrogen) atoms. The third-order valence-electron chi connectivity index (χ3n) is 5.30. The summed E-state index contributed by atoms with van der Waals surface area (Å²) in [6, 6.07) is 15.4. The summed E-state index contributed by atoms with van der Waals surface area (Å²) >= 11 is 0. The van der Waals surface area contributed by atoms with Crippen LogP contribution in [0.5, 0.6) is 5.75 Å². The van der Waals surface area contributed by atoms with Gasteiger partial charge < -0.3 is 15.0 Å². The van der Waals surface area contributed by atoms with E-state index >= 15 is 0 Å². The van der Waals surface area contributed by atoms with Crippen LogP contribution in [0.2, 0.25) is 0 Å². The molecule has 0 fully saturated rings. The second-order valence-electron chi connectivity index (χ2n) is 7.97. The highest BCUT2D eigenvalue weighted by Crippen LogP contribution is 2.28. The Kier molecular flexibility index (Phi) is 6.91. The normalized spacial score (nSPS) is 14.8. The van der Waals surface area contributed by atoms with Crippen LogP contribution in [-0.2, 0) is 16.1 Å². The lowest BCUT2D eigenvalue weighted by atomic mass is 9.95. The first-order valence-electron chi connectivity index (χ1n) is 10.4. The van der Waals surface area contributed by atoms with Crippen LogP contribution in [-0.4, -0.2) is 29.9 Å². The number of carbonyl (C=O) groups excluding carboxylic acids is 2. The summed E-state index contributed by atoms with van der Waals surface area (Å²) in [4.78, 5) is 27.1. The Labute approximate surface area is 173 Å². The minimum atomic E-state index is -0.199. The number of nitrogens with one attached hydrogen (secondary N) is 1. The minimum Gasteiger partial charge on any atom is -0.483 e. The van der Waals surface area contributed by atoms with Gasteiger partial charge in [-0.2, -0.15) is 0 Å². The average Bonchev–Trinajstić information content (AvgIpc) is 2.86. The smallest absolute Gasteiger partial charge is 0.260 e. The monoisotopic (exact) mass is 394 g/mol. The number of fused-ring (bicyclic) bond motifs is 1. The van der Waals surface area contributed by atoms with Crippen LogP contribution in [0.25, 0.3) is 0 Å². The van der Waals surface area contributed by atoms with Gasteiger partial charge in [-0.25, -0.2) is 0 Å². The van der Waals surface area contributed by atoms with E-state index in [2.05, 4.69) is 19.2 Å². The summed E-state index contributed by atoms with van der Waals surface area (Å²) in [5.74, 6) is 1.01. The van der Waals surface area contributed by atoms with Gasteiger partial charge in [0, 0.05) is 24.3 Å². The molecule has 2 amide bonds. The average molecular weight is 395 g/mol. The number of rotatable bonds is 7. The van der Waals surface area contributed by atoms with Crippen LogP contribution >= 0.6 is 0 Å². The first kappa shape index (κ1) is 20.9. The number of hydrogen-bond donors (Lipinski definition) is 1. The molecule has 0 spiro atoms. The molecule has 1 unspecified atom stereocenters. The molecule has 1 heterocycles. The van der Waals surface area contributed by atoms with Gasteiger partial charge in [0.1, 0.15) is 5.75 Å². The largest absolute Gasteiger partial charge is 0.483 e. The number of benzene rings is 2. The second kappa shape index (κ2) is 9.59. The molecule has 1 aliphatic rings. The fourth-order valence-corrected chi connectivity index (χ4v) is 3.55. The van der Waals surface area contributed by atoms with Crippen molar-refractivity contribution in [3.63, 3.8) is 0 Å². The van der Waals surface area contributed by atoms with Crippen molar-refractivity contribution in [2.24, 2.45) is 5.92 Å². The van der Waals surface area contributed by atoms with Crippen LogP contribution in [0, 0.1) is 5.92 Å². The van der Waals surface area contributed by atoms with Gasteiger partial charge in [-0.3, -0.25) is 9.59 Å². The molecular weight excluding hydrogens is 364 g/mol. The number of amides is 2. The van der Waals surface area contributed by atoms with E-state index in [9.17, 15) is 9.59 Å². The zero-order valence-electron chi connectivity index (χ0n) is 17.5. The molecular formula is C24H30N2O3. The van der Waals surface area contributed by atoms with E-state index in [0.29, 0.717) is 24.8 Å². The standard InChI is InChI=1S/C24H30N2O3/c1-4-21(18-8-6-5-7-9-18)24(28)25-20-10-11-22-19(14-20)15-26(13-12-17(2)3)23(27)16-29-22/h5-11,14,17,21H,4,12-13,15-16H2,1-3H3,(H,25,28). The molecule has 5 heteroatoms. The second-order valence-corrected chi connectivity index (χ2v) is 7.97. The summed E-state index contributed by atoms with van der Waals surface area (Å²) in [6.07, 6.45) is 1.67. The van der Waals surface area contributed by atoms with Gasteiger partial charge in [-0.05, 0) is 42.5 Å². The van der Waals surface area contributed by atoms with Crippen molar-refractivity contribution in [2.45, 2.75) is 46.1 Å². The summed E-state index contributed by atoms with van der Waals surface area (Å²) < 4.78 is 5.69. The highest BCUT2D eigenvalue weighted by molar-refractivity contribution is 5.96. The maximum atomic E-state index is 12.9. The minimum absolute atomic E-state index is 0.00237. The molecule has 5 nitrogen and oxygen atoms in total. The van der Waals surface area contributed by atoms with Crippen LogP contribution in [0.3, 0.4) is 0 Å². The molecule has 0 aromatic heterocycles. The van der Waals surface area contributed by atoms with Crippen LogP contribution in [0.15, 0.2) is 48.5 Å². The highest BCUT2D eigenvalue weighted by atomic mass is 16.5. The molecule has 1 aliphatic heterocycles. The quantitative estimate of drug-likeness (QED) is 0.747. The number of nitrogens with zero attached hydrogens (tertiary/aromatic N) is 1. The number of carbonyl (C=O) groups is 2. The van der Waals surface area contributed by atoms with E-state index in [0.717, 1.165) is 29.7 Å².